The lowest BCUT2D eigenvalue weighted by Crippen LogP contribution is -2.68. The summed E-state index contributed by atoms with van der Waals surface area (Å²) in [5.74, 6) is 0.0568. The van der Waals surface area contributed by atoms with Crippen molar-refractivity contribution >= 4 is 53.9 Å². The molecule has 0 spiro atoms. The number of anilines is 1. The Morgan fingerprint density at radius 2 is 1.27 bits per heavy atom. The van der Waals surface area contributed by atoms with E-state index < -0.39 is 42.6 Å². The Kier molecular flexibility index (Phi) is 14.9. The lowest BCUT2D eigenvalue weighted by molar-refractivity contribution is -0.249. The van der Waals surface area contributed by atoms with Gasteiger partial charge in [0.2, 0.25) is 0 Å². The molecule has 64 heavy (non-hydrogen) atoms. The topological polar surface area (TPSA) is 93.1 Å². The van der Waals surface area contributed by atoms with Gasteiger partial charge in [-0.15, -0.1) is 11.3 Å². The lowest BCUT2D eigenvalue weighted by Gasteiger charge is -2.43. The minimum atomic E-state index is -5.08. The van der Waals surface area contributed by atoms with Crippen LogP contribution in [0.15, 0.2) is 150 Å². The van der Waals surface area contributed by atoms with Gasteiger partial charge in [0.1, 0.15) is 29.5 Å². The second kappa shape index (κ2) is 20.3. The zero-order chi connectivity index (χ0) is 46.0. The van der Waals surface area contributed by atoms with Crippen LogP contribution in [0.5, 0.6) is 5.75 Å². The van der Waals surface area contributed by atoms with E-state index in [9.17, 15) is 15.8 Å². The van der Waals surface area contributed by atoms with Crippen LogP contribution >= 0.6 is 11.3 Å². The molecule has 0 fully saturated rings. The highest BCUT2D eigenvalue weighted by molar-refractivity contribution is 7.13. The fraction of sp³-hybridized carbons (Fsp3) is 0.264. The minimum absolute atomic E-state index is 0.289. The van der Waals surface area contributed by atoms with Gasteiger partial charge in [0, 0.05) is 51.3 Å². The minimum Gasteiger partial charge on any atom is -0.534 e. The molecular weight excluding hydrogens is 842 g/mol. The van der Waals surface area contributed by atoms with Gasteiger partial charge in [-0.25, -0.2) is 0 Å². The number of ether oxygens (including phenoxy) is 1. The van der Waals surface area contributed by atoms with Gasteiger partial charge in [0.25, 0.3) is 5.60 Å². The maximum atomic E-state index is 15.4. The highest BCUT2D eigenvalue weighted by Crippen LogP contribution is 2.56. The summed E-state index contributed by atoms with van der Waals surface area (Å²) >= 11 is 1.35. The summed E-state index contributed by atoms with van der Waals surface area (Å²) in [5.41, 5.74) is -3.24. The third kappa shape index (κ3) is 9.50. The fourth-order valence-electron chi connectivity index (χ4n) is 8.15. The number of nitriles is 3. The first-order valence-corrected chi connectivity index (χ1v) is 24.2. The summed E-state index contributed by atoms with van der Waals surface area (Å²) in [7, 11) is -3.05. The van der Waals surface area contributed by atoms with Crippen LogP contribution in [0.25, 0.3) is 18.2 Å². The number of hydrogen-bond acceptors (Lipinski definition) is 7. The molecule has 6 rings (SSSR count). The van der Waals surface area contributed by atoms with E-state index in [2.05, 4.69) is 106 Å². The second-order valence-electron chi connectivity index (χ2n) is 16.6. The number of unbranched alkanes of at least 4 members (excludes halogenated alkanes) is 2. The van der Waals surface area contributed by atoms with Gasteiger partial charge in [0.05, 0.1) is 0 Å². The summed E-state index contributed by atoms with van der Waals surface area (Å²) in [4.78, 5) is 3.88. The first-order valence-electron chi connectivity index (χ1n) is 21.4. The molecule has 0 saturated heterocycles. The van der Waals surface area contributed by atoms with Crippen LogP contribution in [-0.2, 0) is 10.3 Å². The lowest BCUT2D eigenvalue weighted by atomic mass is 9.84. The Morgan fingerprint density at radius 1 is 0.734 bits per heavy atom. The van der Waals surface area contributed by atoms with E-state index in [-0.39, 0.29) is 10.6 Å². The maximum absolute atomic E-state index is 15.4. The number of nitrogens with zero attached hydrogens (tertiary/aromatic N) is 4. The van der Waals surface area contributed by atoms with Crippen LogP contribution in [0, 0.1) is 34.0 Å². The average molecular weight is 893 g/mol. The summed E-state index contributed by atoms with van der Waals surface area (Å²) in [5, 5.41) is 31.5. The van der Waals surface area contributed by atoms with Crippen molar-refractivity contribution in [2.45, 2.75) is 77.1 Å². The molecule has 1 atom stereocenters. The molecule has 0 aliphatic carbocycles. The monoisotopic (exact) mass is 892 g/mol. The summed E-state index contributed by atoms with van der Waals surface area (Å²) in [6, 6.07) is 43.0. The average Bonchev–Trinajstić information content (AvgIpc) is 3.90. The molecular formula is C53H51F3N4O2SSi. The normalized spacial score (nSPS) is 15.5. The van der Waals surface area contributed by atoms with Crippen LogP contribution in [0.4, 0.5) is 18.9 Å². The Balaban J connectivity index is 1.45. The van der Waals surface area contributed by atoms with Gasteiger partial charge >= 0.3 is 14.5 Å². The number of benzene rings is 4. The first-order chi connectivity index (χ1) is 30.8. The number of alkyl halides is 3. The van der Waals surface area contributed by atoms with E-state index in [1.807, 2.05) is 30.4 Å². The molecule has 6 nitrogen and oxygen atoms in total. The molecule has 1 unspecified atom stereocenters. The van der Waals surface area contributed by atoms with Crippen LogP contribution in [0.2, 0.25) is 5.04 Å². The molecule has 1 aromatic heterocycles. The molecule has 2 heterocycles. The van der Waals surface area contributed by atoms with Crippen molar-refractivity contribution in [3.63, 3.8) is 0 Å². The van der Waals surface area contributed by atoms with Crippen LogP contribution in [0.1, 0.15) is 81.2 Å². The van der Waals surface area contributed by atoms with E-state index in [4.69, 9.17) is 9.16 Å². The molecule has 0 bridgehead atoms. The molecule has 0 saturated carbocycles. The van der Waals surface area contributed by atoms with Crippen LogP contribution in [0.3, 0.4) is 0 Å². The Labute approximate surface area is 380 Å². The highest BCUT2D eigenvalue weighted by atomic mass is 32.1. The largest absolute Gasteiger partial charge is 0.534 e. The SMILES string of the molecule is CCCCN(CCCC)c1ccc(C=Cc2ccc(C=CC3=C(C#N)C(=C(C#N)C#N)OC3(c3ccccc3)C(F)(F)F)s2)c(O[Si](c2ccccc2)(c2ccccc2)C(C)(C)C)c1. The highest BCUT2D eigenvalue weighted by Gasteiger charge is 2.65. The molecule has 0 N–H and O–H groups in total. The van der Waals surface area contributed by atoms with E-state index in [0.717, 1.165) is 71.0 Å². The number of halogens is 3. The molecule has 326 valence electrons. The molecule has 4 aromatic carbocycles. The van der Waals surface area contributed by atoms with Gasteiger partial charge in [-0.3, -0.25) is 0 Å². The molecule has 0 radical (unpaired) electrons. The Hall–Kier alpha value is -6.58. The van der Waals surface area contributed by atoms with Crippen molar-refractivity contribution in [1.82, 2.24) is 0 Å². The van der Waals surface area contributed by atoms with Crippen molar-refractivity contribution in [1.29, 1.82) is 15.8 Å². The number of rotatable bonds is 16. The van der Waals surface area contributed by atoms with E-state index in [1.54, 1.807) is 30.3 Å². The molecule has 11 heteroatoms. The predicted molar refractivity (Wildman–Crippen MR) is 255 cm³/mol. The molecule has 1 aliphatic rings. The third-order valence-electron chi connectivity index (χ3n) is 11.4. The Morgan fingerprint density at radius 3 is 1.75 bits per heavy atom. The third-order valence-corrected chi connectivity index (χ3v) is 17.3. The second-order valence-corrected chi connectivity index (χ2v) is 21.9. The van der Waals surface area contributed by atoms with Crippen LogP contribution < -0.4 is 19.7 Å². The Bertz CT molecular complexity index is 2600. The molecule has 1 aliphatic heterocycles. The van der Waals surface area contributed by atoms with Crippen LogP contribution in [-0.4, -0.2) is 27.6 Å². The quantitative estimate of drug-likeness (QED) is 0.0723. The maximum Gasteiger partial charge on any atom is 0.437 e. The number of thiophene rings is 1. The molecule has 5 aromatic rings. The van der Waals surface area contributed by atoms with Crippen molar-refractivity contribution in [2.24, 2.45) is 0 Å². The summed E-state index contributed by atoms with van der Waals surface area (Å²) in [6.45, 7) is 13.0. The van der Waals surface area contributed by atoms with Crippen molar-refractivity contribution in [3.05, 3.63) is 171 Å². The molecule has 0 amide bonds. The number of hydrogen-bond donors (Lipinski definition) is 0. The fourth-order valence-corrected chi connectivity index (χ4v) is 13.4. The first kappa shape index (κ1) is 46.9. The van der Waals surface area contributed by atoms with Gasteiger partial charge in [-0.2, -0.15) is 29.0 Å². The zero-order valence-corrected chi connectivity index (χ0v) is 38.6. The van der Waals surface area contributed by atoms with Gasteiger partial charge in [0.15, 0.2) is 11.3 Å². The summed E-state index contributed by atoms with van der Waals surface area (Å²) in [6.07, 6.45) is 5.90. The van der Waals surface area contributed by atoms with E-state index >= 15 is 13.2 Å². The van der Waals surface area contributed by atoms with Crippen molar-refractivity contribution in [2.75, 3.05) is 18.0 Å². The standard InChI is InChI=1S/C53H51F3N4O2SSi/c1-6-8-33-60(34-9-7-2)42-27-25-39(49(35-42)62-64(51(3,4)5,45-21-15-11-16-22-45)46-23-17-12-18-24-46)26-28-43-29-30-44(63-43)31-32-48-47(38-59)50(40(36-57)37-58)61-52(48,53(54,55)56)41-19-13-10-14-20-41/h10-32,35H,6-9,33-34H2,1-5H3. The van der Waals surface area contributed by atoms with E-state index in [1.165, 1.54) is 47.8 Å². The smallest absolute Gasteiger partial charge is 0.437 e. The van der Waals surface area contributed by atoms with Gasteiger partial charge in [-0.05, 0) is 70.7 Å². The van der Waals surface area contributed by atoms with Gasteiger partial charge < -0.3 is 14.1 Å². The summed E-state index contributed by atoms with van der Waals surface area (Å²) < 4.78 is 59.3. The van der Waals surface area contributed by atoms with Crippen molar-refractivity contribution < 1.29 is 22.3 Å². The van der Waals surface area contributed by atoms with Gasteiger partial charge in [-0.1, -0.05) is 145 Å². The van der Waals surface area contributed by atoms with E-state index in [0.29, 0.717) is 4.88 Å². The van der Waals surface area contributed by atoms with Crippen molar-refractivity contribution in [3.8, 4) is 24.0 Å². The predicted octanol–water partition coefficient (Wildman–Crippen LogP) is 12.9. The number of allylic oxidation sites excluding steroid dienone is 2. The zero-order valence-electron chi connectivity index (χ0n) is 36.7.